The van der Waals surface area contributed by atoms with Crippen molar-refractivity contribution in [1.82, 2.24) is 15.1 Å². The third-order valence-corrected chi connectivity index (χ3v) is 3.75. The van der Waals surface area contributed by atoms with E-state index in [1.807, 2.05) is 41.9 Å². The molecule has 5 nitrogen and oxygen atoms in total. The first-order valence-corrected chi connectivity index (χ1v) is 7.35. The first kappa shape index (κ1) is 16.5. The molecule has 1 aliphatic rings. The Labute approximate surface area is 136 Å². The summed E-state index contributed by atoms with van der Waals surface area (Å²) in [5.41, 5.74) is 8.25. The largest absolute Gasteiger partial charge is 0.348 e. The summed E-state index contributed by atoms with van der Waals surface area (Å²) in [4.78, 5) is 12.4. The molecule has 118 valence electrons. The Balaban J connectivity index is 0.00000176. The average molecular weight is 321 g/mol. The number of rotatable bonds is 5. The molecule has 1 aromatic heterocycles. The van der Waals surface area contributed by atoms with Crippen LogP contribution in [0.15, 0.2) is 36.5 Å². The highest BCUT2D eigenvalue weighted by Gasteiger charge is 2.33. The Morgan fingerprint density at radius 2 is 2.09 bits per heavy atom. The summed E-state index contributed by atoms with van der Waals surface area (Å²) < 4.78 is 1.89. The van der Waals surface area contributed by atoms with E-state index in [0.717, 1.165) is 24.2 Å². The minimum Gasteiger partial charge on any atom is -0.348 e. The van der Waals surface area contributed by atoms with Gasteiger partial charge in [-0.2, -0.15) is 5.10 Å². The van der Waals surface area contributed by atoms with Crippen molar-refractivity contribution in [3.05, 3.63) is 47.8 Å². The summed E-state index contributed by atoms with van der Waals surface area (Å²) in [6.45, 7) is 2.33. The fraction of sp³-hybridized carbons (Fsp3) is 0.375. The molecule has 1 saturated carbocycles. The molecule has 3 N–H and O–H groups in total. The average Bonchev–Trinajstić information content (AvgIpc) is 3.26. The van der Waals surface area contributed by atoms with Crippen molar-refractivity contribution in [2.24, 2.45) is 5.73 Å². The van der Waals surface area contributed by atoms with Gasteiger partial charge in [-0.25, -0.2) is 4.68 Å². The van der Waals surface area contributed by atoms with Crippen LogP contribution in [0.3, 0.4) is 0 Å². The standard InChI is InChI=1S/C16H20N4O.ClH/c1-11(9-17)19-16(21)14-10-18-20(15(14)12-7-8-12)13-5-3-2-4-6-13;/h2-6,10-12H,7-9,17H2,1H3,(H,19,21);1H/t11-;/m0./s1. The molecular weight excluding hydrogens is 300 g/mol. The van der Waals surface area contributed by atoms with Gasteiger partial charge in [0.1, 0.15) is 0 Å². The van der Waals surface area contributed by atoms with Crippen molar-refractivity contribution in [2.45, 2.75) is 31.7 Å². The summed E-state index contributed by atoms with van der Waals surface area (Å²) in [6.07, 6.45) is 3.90. The molecule has 1 amide bonds. The first-order chi connectivity index (χ1) is 10.2. The minimum absolute atomic E-state index is 0. The molecule has 22 heavy (non-hydrogen) atoms. The second-order valence-electron chi connectivity index (χ2n) is 5.58. The zero-order valence-corrected chi connectivity index (χ0v) is 13.3. The van der Waals surface area contributed by atoms with E-state index in [1.54, 1.807) is 6.20 Å². The van der Waals surface area contributed by atoms with Gasteiger partial charge in [0.25, 0.3) is 5.91 Å². The fourth-order valence-electron chi connectivity index (χ4n) is 2.42. The van der Waals surface area contributed by atoms with Crippen LogP contribution < -0.4 is 11.1 Å². The minimum atomic E-state index is -0.0861. The van der Waals surface area contributed by atoms with E-state index >= 15 is 0 Å². The second kappa shape index (κ2) is 6.94. The predicted molar refractivity (Wildman–Crippen MR) is 88.8 cm³/mol. The molecule has 0 spiro atoms. The van der Waals surface area contributed by atoms with E-state index in [-0.39, 0.29) is 24.4 Å². The lowest BCUT2D eigenvalue weighted by molar-refractivity contribution is 0.0940. The molecule has 0 unspecified atom stereocenters. The first-order valence-electron chi connectivity index (χ1n) is 7.35. The van der Waals surface area contributed by atoms with Crippen molar-refractivity contribution < 1.29 is 4.79 Å². The number of amides is 1. The maximum Gasteiger partial charge on any atom is 0.255 e. The van der Waals surface area contributed by atoms with Crippen LogP contribution in [-0.2, 0) is 0 Å². The molecule has 1 heterocycles. The maximum atomic E-state index is 12.4. The Bertz CT molecular complexity index is 637. The highest BCUT2D eigenvalue weighted by atomic mass is 35.5. The third kappa shape index (κ3) is 3.31. The Hall–Kier alpha value is -1.85. The Kier molecular flexibility index (Phi) is 5.21. The van der Waals surface area contributed by atoms with Gasteiger partial charge >= 0.3 is 0 Å². The van der Waals surface area contributed by atoms with Gasteiger partial charge in [0.2, 0.25) is 0 Å². The Morgan fingerprint density at radius 3 is 2.68 bits per heavy atom. The van der Waals surface area contributed by atoms with Crippen LogP contribution in [-0.4, -0.2) is 28.3 Å². The zero-order chi connectivity index (χ0) is 14.8. The van der Waals surface area contributed by atoms with Gasteiger partial charge in [-0.1, -0.05) is 18.2 Å². The van der Waals surface area contributed by atoms with Gasteiger partial charge in [-0.3, -0.25) is 4.79 Å². The normalized spacial score (nSPS) is 15.0. The second-order valence-corrected chi connectivity index (χ2v) is 5.58. The molecule has 0 saturated heterocycles. The van der Waals surface area contributed by atoms with Gasteiger partial charge < -0.3 is 11.1 Å². The Morgan fingerprint density at radius 1 is 1.41 bits per heavy atom. The number of nitrogens with two attached hydrogens (primary N) is 1. The predicted octanol–water partition coefficient (Wildman–Crippen LogP) is 2.25. The van der Waals surface area contributed by atoms with Crippen molar-refractivity contribution in [3.8, 4) is 5.69 Å². The van der Waals surface area contributed by atoms with Crippen molar-refractivity contribution in [2.75, 3.05) is 6.54 Å². The van der Waals surface area contributed by atoms with Gasteiger partial charge in [-0.15, -0.1) is 12.4 Å². The molecular formula is C16H21ClN4O. The van der Waals surface area contributed by atoms with Crippen molar-refractivity contribution in [1.29, 1.82) is 0 Å². The van der Waals surface area contributed by atoms with Crippen LogP contribution in [0.5, 0.6) is 0 Å². The van der Waals surface area contributed by atoms with Crippen LogP contribution >= 0.6 is 12.4 Å². The smallest absolute Gasteiger partial charge is 0.255 e. The summed E-state index contributed by atoms with van der Waals surface area (Å²) in [5.74, 6) is 0.346. The number of para-hydroxylation sites is 1. The quantitative estimate of drug-likeness (QED) is 0.887. The topological polar surface area (TPSA) is 72.9 Å². The molecule has 1 aromatic carbocycles. The molecule has 0 radical (unpaired) electrons. The van der Waals surface area contributed by atoms with Crippen LogP contribution in [0.1, 0.15) is 41.7 Å². The number of aromatic nitrogens is 2. The lowest BCUT2D eigenvalue weighted by Gasteiger charge is -2.12. The van der Waals surface area contributed by atoms with E-state index in [4.69, 9.17) is 5.73 Å². The van der Waals surface area contributed by atoms with Crippen LogP contribution in [0.2, 0.25) is 0 Å². The van der Waals surface area contributed by atoms with Crippen molar-refractivity contribution in [3.63, 3.8) is 0 Å². The number of halogens is 1. The zero-order valence-electron chi connectivity index (χ0n) is 12.5. The highest BCUT2D eigenvalue weighted by molar-refractivity contribution is 5.95. The molecule has 1 aliphatic carbocycles. The molecule has 0 aliphatic heterocycles. The molecule has 1 atom stereocenters. The SMILES string of the molecule is C[C@@H](CN)NC(=O)c1cnn(-c2ccccc2)c1C1CC1.Cl. The van der Waals surface area contributed by atoms with Gasteiger partial charge in [0.05, 0.1) is 23.1 Å². The monoisotopic (exact) mass is 320 g/mol. The van der Waals surface area contributed by atoms with E-state index in [0.29, 0.717) is 18.0 Å². The van der Waals surface area contributed by atoms with Gasteiger partial charge in [0, 0.05) is 18.5 Å². The summed E-state index contributed by atoms with van der Waals surface area (Å²) >= 11 is 0. The molecule has 2 aromatic rings. The van der Waals surface area contributed by atoms with Gasteiger partial charge in [0.15, 0.2) is 0 Å². The third-order valence-electron chi connectivity index (χ3n) is 3.75. The summed E-state index contributed by atoms with van der Waals surface area (Å²) in [5, 5.41) is 7.34. The van der Waals surface area contributed by atoms with Crippen LogP contribution in [0.4, 0.5) is 0 Å². The number of benzene rings is 1. The molecule has 1 fully saturated rings. The fourth-order valence-corrected chi connectivity index (χ4v) is 2.42. The lowest BCUT2D eigenvalue weighted by atomic mass is 10.1. The molecule has 3 rings (SSSR count). The van der Waals surface area contributed by atoms with E-state index < -0.39 is 0 Å². The maximum absolute atomic E-state index is 12.4. The number of carbonyl (C=O) groups excluding carboxylic acids is 1. The van der Waals surface area contributed by atoms with Crippen LogP contribution in [0, 0.1) is 0 Å². The number of hydrogen-bond donors (Lipinski definition) is 2. The highest BCUT2D eigenvalue weighted by Crippen LogP contribution is 2.42. The lowest BCUT2D eigenvalue weighted by Crippen LogP contribution is -2.38. The van der Waals surface area contributed by atoms with E-state index in [1.165, 1.54) is 0 Å². The number of nitrogens with zero attached hydrogens (tertiary/aromatic N) is 2. The summed E-state index contributed by atoms with van der Waals surface area (Å²) in [7, 11) is 0. The van der Waals surface area contributed by atoms with Gasteiger partial charge in [-0.05, 0) is 31.9 Å². The number of carbonyl (C=O) groups is 1. The molecule has 0 bridgehead atoms. The number of nitrogens with one attached hydrogen (secondary N) is 1. The summed E-state index contributed by atoms with van der Waals surface area (Å²) in [6, 6.07) is 9.89. The van der Waals surface area contributed by atoms with E-state index in [2.05, 4.69) is 10.4 Å². The molecule has 6 heteroatoms. The van der Waals surface area contributed by atoms with E-state index in [9.17, 15) is 4.79 Å². The number of hydrogen-bond acceptors (Lipinski definition) is 3. The van der Waals surface area contributed by atoms with Crippen LogP contribution in [0.25, 0.3) is 5.69 Å². The van der Waals surface area contributed by atoms with Crippen molar-refractivity contribution >= 4 is 18.3 Å².